The normalized spacial score (nSPS) is 26.2. The average Bonchev–Trinajstić information content (AvgIpc) is 2.86. The molecular weight excluding hydrogens is 214 g/mol. The Morgan fingerprint density at radius 3 is 2.53 bits per heavy atom. The van der Waals surface area contributed by atoms with Gasteiger partial charge < -0.3 is 9.80 Å². The highest BCUT2D eigenvalue weighted by molar-refractivity contribution is 5.74. The molecule has 0 aromatic rings. The summed E-state index contributed by atoms with van der Waals surface area (Å²) < 4.78 is 0. The number of likely N-dealkylation sites (tertiary alicyclic amines) is 2. The Balaban J connectivity index is 1.93. The van der Waals surface area contributed by atoms with Gasteiger partial charge in [0, 0.05) is 26.7 Å². The number of rotatable bonds is 2. The Labute approximate surface area is 105 Å². The van der Waals surface area contributed by atoms with E-state index in [1.54, 1.807) is 0 Å². The first kappa shape index (κ1) is 12.7. The minimum absolute atomic E-state index is 0.232. The molecule has 0 aromatic carbocycles. The van der Waals surface area contributed by atoms with Crippen molar-refractivity contribution < 1.29 is 4.79 Å². The quantitative estimate of drug-likeness (QED) is 0.736. The molecule has 2 aliphatic heterocycles. The van der Waals surface area contributed by atoms with Gasteiger partial charge in [-0.05, 0) is 38.6 Å². The Bertz CT molecular complexity index is 263. The van der Waals surface area contributed by atoms with Crippen molar-refractivity contribution in [1.29, 1.82) is 0 Å². The van der Waals surface area contributed by atoms with Gasteiger partial charge in [0.1, 0.15) is 0 Å². The van der Waals surface area contributed by atoms with Crippen LogP contribution in [0.3, 0.4) is 0 Å². The highest BCUT2D eigenvalue weighted by Gasteiger charge is 2.31. The second-order valence-corrected chi connectivity index (χ2v) is 5.19. The summed E-state index contributed by atoms with van der Waals surface area (Å²) in [7, 11) is 1.97. The van der Waals surface area contributed by atoms with Crippen molar-refractivity contribution in [2.24, 2.45) is 0 Å². The van der Waals surface area contributed by atoms with Crippen LogP contribution in [-0.4, -0.2) is 60.1 Å². The molecule has 2 saturated heterocycles. The van der Waals surface area contributed by atoms with Gasteiger partial charge in [-0.15, -0.1) is 0 Å². The predicted molar refractivity (Wildman–Crippen MR) is 68.9 cm³/mol. The number of hydrogen-bond acceptors (Lipinski definition) is 2. The van der Waals surface area contributed by atoms with Crippen LogP contribution in [0.5, 0.6) is 0 Å². The van der Waals surface area contributed by atoms with Gasteiger partial charge in [0.2, 0.25) is 0 Å². The summed E-state index contributed by atoms with van der Waals surface area (Å²) in [5.41, 5.74) is 0. The number of piperidine rings is 1. The zero-order valence-electron chi connectivity index (χ0n) is 11.2. The summed E-state index contributed by atoms with van der Waals surface area (Å²) in [4.78, 5) is 18.8. The van der Waals surface area contributed by atoms with Crippen LogP contribution in [0.4, 0.5) is 4.79 Å². The van der Waals surface area contributed by atoms with Gasteiger partial charge >= 0.3 is 6.03 Å². The maximum Gasteiger partial charge on any atom is 0.321 e. The first-order valence-corrected chi connectivity index (χ1v) is 7.00. The number of carbonyl (C=O) groups is 1. The zero-order valence-corrected chi connectivity index (χ0v) is 11.2. The lowest BCUT2D eigenvalue weighted by Gasteiger charge is -2.37. The topological polar surface area (TPSA) is 26.8 Å². The molecule has 2 heterocycles. The van der Waals surface area contributed by atoms with Crippen molar-refractivity contribution in [3.63, 3.8) is 0 Å². The van der Waals surface area contributed by atoms with E-state index in [2.05, 4.69) is 11.8 Å². The summed E-state index contributed by atoms with van der Waals surface area (Å²) in [6.45, 7) is 6.25. The SMILES string of the molecule is CCN1CCC[C@H]1N(C)C(=O)N1CCCCC1. The third-order valence-electron chi connectivity index (χ3n) is 4.11. The zero-order chi connectivity index (χ0) is 12.3. The number of carbonyl (C=O) groups excluding carboxylic acids is 1. The number of urea groups is 1. The first-order valence-electron chi connectivity index (χ1n) is 7.00. The molecule has 0 unspecified atom stereocenters. The van der Waals surface area contributed by atoms with Crippen LogP contribution in [0.25, 0.3) is 0 Å². The Morgan fingerprint density at radius 1 is 1.18 bits per heavy atom. The van der Waals surface area contributed by atoms with E-state index >= 15 is 0 Å². The average molecular weight is 239 g/mol. The fourth-order valence-corrected chi connectivity index (χ4v) is 3.05. The molecule has 98 valence electrons. The molecule has 2 amide bonds. The summed E-state index contributed by atoms with van der Waals surface area (Å²) in [6, 6.07) is 0.232. The molecule has 0 aromatic heterocycles. The highest BCUT2D eigenvalue weighted by Crippen LogP contribution is 2.21. The van der Waals surface area contributed by atoms with Crippen molar-refractivity contribution in [2.45, 2.75) is 45.2 Å². The molecule has 4 nitrogen and oxygen atoms in total. The van der Waals surface area contributed by atoms with E-state index in [9.17, 15) is 4.79 Å². The maximum absolute atomic E-state index is 12.4. The van der Waals surface area contributed by atoms with Crippen LogP contribution in [0, 0.1) is 0 Å². The van der Waals surface area contributed by atoms with E-state index < -0.39 is 0 Å². The fraction of sp³-hybridized carbons (Fsp3) is 0.923. The van der Waals surface area contributed by atoms with Gasteiger partial charge in [-0.25, -0.2) is 4.79 Å². The summed E-state index contributed by atoms with van der Waals surface area (Å²) in [6.07, 6.45) is 6.29. The Kier molecular flexibility index (Phi) is 4.26. The van der Waals surface area contributed by atoms with E-state index in [1.165, 1.54) is 25.7 Å². The van der Waals surface area contributed by atoms with E-state index in [4.69, 9.17) is 0 Å². The second-order valence-electron chi connectivity index (χ2n) is 5.19. The van der Waals surface area contributed by atoms with Crippen molar-refractivity contribution >= 4 is 6.03 Å². The molecular formula is C13H25N3O. The third-order valence-corrected chi connectivity index (χ3v) is 4.11. The van der Waals surface area contributed by atoms with Crippen molar-refractivity contribution in [3.05, 3.63) is 0 Å². The van der Waals surface area contributed by atoms with Gasteiger partial charge in [0.25, 0.3) is 0 Å². The molecule has 0 saturated carbocycles. The van der Waals surface area contributed by atoms with Gasteiger partial charge in [0.05, 0.1) is 6.17 Å². The molecule has 0 aliphatic carbocycles. The minimum Gasteiger partial charge on any atom is -0.325 e. The van der Waals surface area contributed by atoms with Crippen LogP contribution < -0.4 is 0 Å². The van der Waals surface area contributed by atoms with Crippen molar-refractivity contribution in [2.75, 3.05) is 33.2 Å². The second kappa shape index (κ2) is 5.71. The summed E-state index contributed by atoms with van der Waals surface area (Å²) in [5, 5.41) is 0. The first-order chi connectivity index (χ1) is 8.24. The van der Waals surface area contributed by atoms with E-state index in [1.807, 2.05) is 16.8 Å². The van der Waals surface area contributed by atoms with E-state index in [0.29, 0.717) is 6.17 Å². The molecule has 0 spiro atoms. The number of hydrogen-bond donors (Lipinski definition) is 0. The monoisotopic (exact) mass is 239 g/mol. The molecule has 2 rings (SSSR count). The standard InChI is InChI=1S/C13H25N3O/c1-3-15-11-7-8-12(15)14(2)13(17)16-9-5-4-6-10-16/h12H,3-11H2,1-2H3/t12-/m0/s1. The van der Waals surface area contributed by atoms with Gasteiger partial charge in [-0.2, -0.15) is 0 Å². The van der Waals surface area contributed by atoms with E-state index in [0.717, 1.165) is 32.6 Å². The van der Waals surface area contributed by atoms with Crippen LogP contribution >= 0.6 is 0 Å². The predicted octanol–water partition coefficient (Wildman–Crippen LogP) is 1.97. The Morgan fingerprint density at radius 2 is 1.88 bits per heavy atom. The van der Waals surface area contributed by atoms with Crippen LogP contribution in [0.1, 0.15) is 39.0 Å². The fourth-order valence-electron chi connectivity index (χ4n) is 3.05. The smallest absolute Gasteiger partial charge is 0.321 e. The minimum atomic E-state index is 0.232. The van der Waals surface area contributed by atoms with E-state index in [-0.39, 0.29) is 6.03 Å². The Hall–Kier alpha value is -0.770. The molecule has 17 heavy (non-hydrogen) atoms. The molecule has 0 radical (unpaired) electrons. The molecule has 2 aliphatic rings. The lowest BCUT2D eigenvalue weighted by Crippen LogP contribution is -2.51. The lowest BCUT2D eigenvalue weighted by atomic mass is 10.1. The van der Waals surface area contributed by atoms with Gasteiger partial charge in [-0.3, -0.25) is 4.90 Å². The highest BCUT2D eigenvalue weighted by atomic mass is 16.2. The summed E-state index contributed by atoms with van der Waals surface area (Å²) >= 11 is 0. The largest absolute Gasteiger partial charge is 0.325 e. The van der Waals surface area contributed by atoms with Crippen LogP contribution in [0.2, 0.25) is 0 Å². The molecule has 0 N–H and O–H groups in total. The number of nitrogens with zero attached hydrogens (tertiary/aromatic N) is 3. The molecule has 1 atom stereocenters. The van der Waals surface area contributed by atoms with Crippen molar-refractivity contribution in [1.82, 2.24) is 14.7 Å². The summed E-state index contributed by atoms with van der Waals surface area (Å²) in [5.74, 6) is 0. The molecule has 0 bridgehead atoms. The number of amides is 2. The van der Waals surface area contributed by atoms with Crippen molar-refractivity contribution in [3.8, 4) is 0 Å². The molecule has 4 heteroatoms. The maximum atomic E-state index is 12.4. The third kappa shape index (κ3) is 2.73. The molecule has 2 fully saturated rings. The van der Waals surface area contributed by atoms with Gasteiger partial charge in [0.15, 0.2) is 0 Å². The van der Waals surface area contributed by atoms with Crippen LogP contribution in [-0.2, 0) is 0 Å². The lowest BCUT2D eigenvalue weighted by molar-refractivity contribution is 0.0890. The van der Waals surface area contributed by atoms with Gasteiger partial charge in [-0.1, -0.05) is 6.92 Å². The van der Waals surface area contributed by atoms with Crippen LogP contribution in [0.15, 0.2) is 0 Å².